The van der Waals surface area contributed by atoms with Crippen molar-refractivity contribution in [2.45, 2.75) is 50.7 Å². The Morgan fingerprint density at radius 1 is 1.45 bits per heavy atom. The molecule has 0 spiro atoms. The van der Waals surface area contributed by atoms with Crippen LogP contribution in [0.5, 0.6) is 0 Å². The first kappa shape index (κ1) is 16.1. The van der Waals surface area contributed by atoms with E-state index < -0.39 is 11.7 Å². The summed E-state index contributed by atoms with van der Waals surface area (Å²) in [5.74, 6) is 0.582. The van der Waals surface area contributed by atoms with E-state index in [1.165, 1.54) is 6.42 Å². The van der Waals surface area contributed by atoms with Crippen molar-refractivity contribution in [2.75, 3.05) is 7.11 Å². The fraction of sp³-hybridized carbons (Fsp3) is 0.625. The Kier molecular flexibility index (Phi) is 5.36. The van der Waals surface area contributed by atoms with Crippen molar-refractivity contribution in [2.24, 2.45) is 5.92 Å². The molecule has 1 fully saturated rings. The van der Waals surface area contributed by atoms with Gasteiger partial charge in [-0.25, -0.2) is 0 Å². The summed E-state index contributed by atoms with van der Waals surface area (Å²) in [6, 6.07) is 5.40. The maximum Gasteiger partial charge on any atom is 0.0942 e. The van der Waals surface area contributed by atoms with E-state index in [9.17, 15) is 5.11 Å². The van der Waals surface area contributed by atoms with E-state index in [-0.39, 0.29) is 0 Å². The lowest BCUT2D eigenvalue weighted by Crippen LogP contribution is -2.48. The fourth-order valence-electron chi connectivity index (χ4n) is 3.25. The highest BCUT2D eigenvalue weighted by molar-refractivity contribution is 6.35. The predicted molar refractivity (Wildman–Crippen MR) is 83.5 cm³/mol. The number of hydrogen-bond acceptors (Lipinski definition) is 2. The van der Waals surface area contributed by atoms with Gasteiger partial charge in [0.1, 0.15) is 0 Å². The van der Waals surface area contributed by atoms with E-state index in [0.29, 0.717) is 22.4 Å². The molecule has 1 aromatic rings. The minimum Gasteiger partial charge on any atom is -0.390 e. The van der Waals surface area contributed by atoms with Gasteiger partial charge in [-0.2, -0.15) is 0 Å². The Balaban J connectivity index is 2.14. The highest BCUT2D eigenvalue weighted by Crippen LogP contribution is 2.38. The third-order valence-corrected chi connectivity index (χ3v) is 5.02. The third-order valence-electron chi connectivity index (χ3n) is 4.43. The van der Waals surface area contributed by atoms with E-state index in [1.807, 2.05) is 6.07 Å². The van der Waals surface area contributed by atoms with Gasteiger partial charge >= 0.3 is 0 Å². The molecule has 1 saturated carbocycles. The van der Waals surface area contributed by atoms with Crippen LogP contribution in [0, 0.1) is 5.92 Å². The zero-order chi connectivity index (χ0) is 14.8. The molecular weight excluding hydrogens is 295 g/mol. The van der Waals surface area contributed by atoms with Crippen LogP contribution in [0.15, 0.2) is 18.2 Å². The molecule has 4 heteroatoms. The van der Waals surface area contributed by atoms with Crippen molar-refractivity contribution in [3.63, 3.8) is 0 Å². The van der Waals surface area contributed by atoms with E-state index >= 15 is 0 Å². The Hall–Kier alpha value is -0.280. The molecule has 0 heterocycles. The lowest BCUT2D eigenvalue weighted by Gasteiger charge is -2.42. The smallest absolute Gasteiger partial charge is 0.0942 e. The lowest BCUT2D eigenvalue weighted by molar-refractivity contribution is -0.131. The van der Waals surface area contributed by atoms with E-state index in [4.69, 9.17) is 27.9 Å². The van der Waals surface area contributed by atoms with Gasteiger partial charge in [-0.15, -0.1) is 0 Å². The summed E-state index contributed by atoms with van der Waals surface area (Å²) in [6.07, 6.45) is 4.06. The molecule has 1 N–H and O–H groups in total. The van der Waals surface area contributed by atoms with Crippen LogP contribution < -0.4 is 0 Å². The van der Waals surface area contributed by atoms with Gasteiger partial charge in [0.15, 0.2) is 0 Å². The first-order chi connectivity index (χ1) is 9.47. The maximum absolute atomic E-state index is 10.7. The van der Waals surface area contributed by atoms with Crippen LogP contribution in [0.1, 0.15) is 38.2 Å². The van der Waals surface area contributed by atoms with Gasteiger partial charge in [-0.05, 0) is 36.5 Å². The first-order valence-electron chi connectivity index (χ1n) is 7.14. The summed E-state index contributed by atoms with van der Waals surface area (Å²) < 4.78 is 5.73. The quantitative estimate of drug-likeness (QED) is 0.886. The molecule has 0 radical (unpaired) electrons. The molecule has 3 unspecified atom stereocenters. The van der Waals surface area contributed by atoms with Crippen LogP contribution in [0.2, 0.25) is 10.0 Å². The molecule has 112 valence electrons. The maximum atomic E-state index is 10.7. The van der Waals surface area contributed by atoms with E-state index in [1.54, 1.807) is 19.2 Å². The van der Waals surface area contributed by atoms with Crippen LogP contribution in [0.3, 0.4) is 0 Å². The second-order valence-electron chi connectivity index (χ2n) is 5.93. The number of ether oxygens (including phenoxy) is 1. The van der Waals surface area contributed by atoms with Gasteiger partial charge in [0, 0.05) is 23.6 Å². The van der Waals surface area contributed by atoms with Crippen LogP contribution in [-0.2, 0) is 11.2 Å². The van der Waals surface area contributed by atoms with Crippen molar-refractivity contribution >= 4 is 23.2 Å². The molecule has 0 aromatic heterocycles. The highest BCUT2D eigenvalue weighted by atomic mass is 35.5. The van der Waals surface area contributed by atoms with Crippen molar-refractivity contribution < 1.29 is 9.84 Å². The molecule has 1 aromatic carbocycles. The van der Waals surface area contributed by atoms with Crippen molar-refractivity contribution in [1.82, 2.24) is 0 Å². The predicted octanol–water partition coefficient (Wildman–Crippen LogP) is 4.49. The molecular formula is C16H22Cl2O2. The number of benzene rings is 1. The standard InChI is InChI=1S/C16H22Cl2O2/c1-11-4-3-7-16(10-11,20-2)15(19)8-12-5-6-13(17)9-14(12)18/h5-6,9,11,15,19H,3-4,7-8,10H2,1-2H3. The Labute approximate surface area is 131 Å². The van der Waals surface area contributed by atoms with E-state index in [0.717, 1.165) is 24.8 Å². The van der Waals surface area contributed by atoms with Crippen molar-refractivity contribution in [3.8, 4) is 0 Å². The van der Waals surface area contributed by atoms with Crippen LogP contribution in [0.25, 0.3) is 0 Å². The normalized spacial score (nSPS) is 28.4. The molecule has 0 bridgehead atoms. The minimum atomic E-state index is -0.547. The SMILES string of the molecule is COC1(C(O)Cc2ccc(Cl)cc2Cl)CCCC(C)C1. The van der Waals surface area contributed by atoms with Gasteiger partial charge in [0.2, 0.25) is 0 Å². The molecule has 0 amide bonds. The Bertz CT molecular complexity index is 464. The monoisotopic (exact) mass is 316 g/mol. The molecule has 1 aliphatic rings. The zero-order valence-electron chi connectivity index (χ0n) is 12.0. The topological polar surface area (TPSA) is 29.5 Å². The van der Waals surface area contributed by atoms with Gasteiger partial charge < -0.3 is 9.84 Å². The number of methoxy groups -OCH3 is 1. The number of aliphatic hydroxyl groups is 1. The van der Waals surface area contributed by atoms with Gasteiger partial charge in [0.25, 0.3) is 0 Å². The first-order valence-corrected chi connectivity index (χ1v) is 7.89. The van der Waals surface area contributed by atoms with Crippen LogP contribution in [-0.4, -0.2) is 23.9 Å². The summed E-state index contributed by atoms with van der Waals surface area (Å²) in [6.45, 7) is 2.22. The number of aliphatic hydroxyl groups excluding tert-OH is 1. The molecule has 0 saturated heterocycles. The molecule has 2 nitrogen and oxygen atoms in total. The number of hydrogen-bond donors (Lipinski definition) is 1. The Morgan fingerprint density at radius 3 is 2.80 bits per heavy atom. The van der Waals surface area contributed by atoms with Crippen LogP contribution >= 0.6 is 23.2 Å². The molecule has 0 aliphatic heterocycles. The Morgan fingerprint density at radius 2 is 2.20 bits per heavy atom. The number of rotatable bonds is 4. The molecule has 20 heavy (non-hydrogen) atoms. The minimum absolute atomic E-state index is 0.444. The average molecular weight is 317 g/mol. The van der Waals surface area contributed by atoms with Gasteiger partial charge in [-0.3, -0.25) is 0 Å². The van der Waals surface area contributed by atoms with Gasteiger partial charge in [-0.1, -0.05) is 49.0 Å². The molecule has 3 atom stereocenters. The summed E-state index contributed by atoms with van der Waals surface area (Å²) in [7, 11) is 1.70. The summed E-state index contributed by atoms with van der Waals surface area (Å²) in [4.78, 5) is 0. The second-order valence-corrected chi connectivity index (χ2v) is 6.77. The lowest BCUT2D eigenvalue weighted by atomic mass is 9.74. The molecule has 1 aliphatic carbocycles. The van der Waals surface area contributed by atoms with Crippen LogP contribution in [0.4, 0.5) is 0 Å². The summed E-state index contributed by atoms with van der Waals surface area (Å²) in [5.41, 5.74) is 0.471. The molecule has 2 rings (SSSR count). The van der Waals surface area contributed by atoms with E-state index in [2.05, 4.69) is 6.92 Å². The zero-order valence-corrected chi connectivity index (χ0v) is 13.5. The summed E-state index contributed by atoms with van der Waals surface area (Å²) in [5, 5.41) is 11.9. The number of halogens is 2. The average Bonchev–Trinajstić information content (AvgIpc) is 2.41. The van der Waals surface area contributed by atoms with Gasteiger partial charge in [0.05, 0.1) is 11.7 Å². The second kappa shape index (κ2) is 6.65. The summed E-state index contributed by atoms with van der Waals surface area (Å²) >= 11 is 12.1. The van der Waals surface area contributed by atoms with Crippen molar-refractivity contribution in [3.05, 3.63) is 33.8 Å². The fourth-order valence-corrected chi connectivity index (χ4v) is 3.73. The largest absolute Gasteiger partial charge is 0.390 e. The third kappa shape index (κ3) is 3.48. The highest BCUT2D eigenvalue weighted by Gasteiger charge is 2.41. The van der Waals surface area contributed by atoms with Crippen molar-refractivity contribution in [1.29, 1.82) is 0 Å².